The van der Waals surface area contributed by atoms with Crippen LogP contribution >= 0.6 is 11.8 Å². The predicted octanol–water partition coefficient (Wildman–Crippen LogP) is 6.50. The first kappa shape index (κ1) is 38.3. The van der Waals surface area contributed by atoms with E-state index in [1.54, 1.807) is 24.9 Å². The predicted molar refractivity (Wildman–Crippen MR) is 222 cm³/mol. The zero-order valence-electron chi connectivity index (χ0n) is 33.2. The third kappa shape index (κ3) is 5.85. The molecule has 6 aliphatic rings. The van der Waals surface area contributed by atoms with Gasteiger partial charge in [0.05, 0.1) is 25.3 Å². The Balaban J connectivity index is 1.06. The van der Waals surface area contributed by atoms with E-state index in [2.05, 4.69) is 71.0 Å². The quantitative estimate of drug-likeness (QED) is 0.127. The Morgan fingerprint density at radius 3 is 2.52 bits per heavy atom. The number of carbonyl (C=O) groups is 1. The lowest BCUT2D eigenvalue weighted by atomic mass is 9.76. The molecule has 0 aromatic heterocycles. The highest BCUT2D eigenvalue weighted by molar-refractivity contribution is 7.99. The van der Waals surface area contributed by atoms with Gasteiger partial charge < -0.3 is 34.5 Å². The smallest absolute Gasteiger partial charge is 0.323 e. The van der Waals surface area contributed by atoms with Gasteiger partial charge in [0.25, 0.3) is 0 Å². The number of methoxy groups -OCH3 is 1. The summed E-state index contributed by atoms with van der Waals surface area (Å²) in [5.41, 5.74) is 15.5. The van der Waals surface area contributed by atoms with Crippen LogP contribution in [0, 0.1) is 25.2 Å². The summed E-state index contributed by atoms with van der Waals surface area (Å²) >= 11 is 1.64. The number of nitrogens with two attached hydrogens (primary N) is 1. The van der Waals surface area contributed by atoms with Crippen molar-refractivity contribution in [3.8, 4) is 45.9 Å². The zero-order chi connectivity index (χ0) is 40.5. The average Bonchev–Trinajstić information content (AvgIpc) is 3.78. The van der Waals surface area contributed by atoms with Crippen molar-refractivity contribution >= 4 is 17.7 Å². The molecule has 1 saturated heterocycles. The fourth-order valence-corrected chi connectivity index (χ4v) is 11.7. The normalized spacial score (nSPS) is 23.1. The molecule has 1 fully saturated rings. The number of likely N-dealkylation sites (N-methyl/N-ethyl adjacent to an activating group) is 1. The van der Waals surface area contributed by atoms with Gasteiger partial charge in [-0.3, -0.25) is 14.6 Å². The van der Waals surface area contributed by atoms with Gasteiger partial charge in [-0.25, -0.2) is 0 Å². The Hall–Kier alpha value is -5.19. The molecule has 4 aromatic rings. The van der Waals surface area contributed by atoms with Gasteiger partial charge in [-0.15, -0.1) is 0 Å². The summed E-state index contributed by atoms with van der Waals surface area (Å²) < 4.78 is 30.7. The van der Waals surface area contributed by atoms with E-state index in [1.807, 2.05) is 27.0 Å². The van der Waals surface area contributed by atoms with Crippen LogP contribution in [-0.4, -0.2) is 90.7 Å². The average molecular weight is 801 g/mol. The number of phenolic OH excluding ortho intramolecular Hbond substituents is 1. The van der Waals surface area contributed by atoms with Crippen molar-refractivity contribution in [3.63, 3.8) is 0 Å². The van der Waals surface area contributed by atoms with Crippen molar-refractivity contribution in [2.75, 3.05) is 52.2 Å². The largest absolute Gasteiger partial charge is 0.504 e. The minimum Gasteiger partial charge on any atom is -0.504 e. The molecule has 0 radical (unpaired) electrons. The van der Waals surface area contributed by atoms with Crippen molar-refractivity contribution in [1.29, 1.82) is 5.26 Å². The number of esters is 1. The third-order valence-corrected chi connectivity index (χ3v) is 13.9. The van der Waals surface area contributed by atoms with Crippen LogP contribution in [0.25, 0.3) is 11.1 Å². The fourth-order valence-electron chi connectivity index (χ4n) is 10.5. The molecule has 2 bridgehead atoms. The van der Waals surface area contributed by atoms with E-state index in [4.69, 9.17) is 29.4 Å². The van der Waals surface area contributed by atoms with E-state index in [0.717, 1.165) is 39.1 Å². The molecule has 12 heteroatoms. The molecule has 58 heavy (non-hydrogen) atoms. The summed E-state index contributed by atoms with van der Waals surface area (Å²) in [6.07, 6.45) is 2.49. The standard InChI is InChI=1S/C46H48N4O7S/c1-6-15-54-42-26(3)43-44(57-24-56-43)38-32(42)17-35-39-37-27(16-25(2)41(53-5)40(37)51)18-46(22-47,23-49(39)4)50(35)36(38)19-55-45(52)34(48)21-58-20-33-30-13-9-7-11-28(30)29-12-8-10-14-31(29)33/h6-14,16,33-36,39,51H,1,15,17-21,23-24,48H2,2-5H3/t34-,35?,36-,39-,46?/m0/s1. The van der Waals surface area contributed by atoms with Gasteiger partial charge in [-0.1, -0.05) is 67.3 Å². The number of carbonyl (C=O) groups excluding carboxylic acids is 1. The lowest BCUT2D eigenvalue weighted by Crippen LogP contribution is -2.68. The Labute approximate surface area is 343 Å². The maximum absolute atomic E-state index is 13.9. The molecule has 5 atom stereocenters. The maximum atomic E-state index is 13.9. The molecule has 11 nitrogen and oxygen atoms in total. The molecule has 300 valence electrons. The van der Waals surface area contributed by atoms with Crippen LogP contribution in [0.5, 0.6) is 28.7 Å². The highest BCUT2D eigenvalue weighted by Crippen LogP contribution is 2.60. The molecule has 10 rings (SSSR count). The number of rotatable bonds is 11. The Morgan fingerprint density at radius 2 is 1.83 bits per heavy atom. The van der Waals surface area contributed by atoms with Crippen LogP contribution in [0.15, 0.2) is 67.3 Å². The number of hydrogen-bond acceptors (Lipinski definition) is 12. The SMILES string of the molecule is C=CCOc1c(C)c2c(c3c1CC1[C@H]4c5c(cc(C)c(OC)c5O)CC(C#N)(CN4C)N1[C@H]3COC(=O)[C@@H](N)CSCC1c3ccccc3-c3ccccc31)OCO2. The minimum atomic E-state index is -1.07. The molecule has 0 saturated carbocycles. The number of hydrogen-bond donors (Lipinski definition) is 2. The highest BCUT2D eigenvalue weighted by Gasteiger charge is 2.60. The van der Waals surface area contributed by atoms with Gasteiger partial charge in [-0.2, -0.15) is 17.0 Å². The van der Waals surface area contributed by atoms with Crippen molar-refractivity contribution in [2.45, 2.75) is 62.3 Å². The highest BCUT2D eigenvalue weighted by atomic mass is 32.2. The van der Waals surface area contributed by atoms with Crippen molar-refractivity contribution < 1.29 is 33.6 Å². The summed E-state index contributed by atoms with van der Waals surface area (Å²) in [6.45, 7) is 8.32. The van der Waals surface area contributed by atoms with E-state index >= 15 is 0 Å². The second kappa shape index (κ2) is 14.9. The third-order valence-electron chi connectivity index (χ3n) is 12.8. The van der Waals surface area contributed by atoms with Gasteiger partial charge in [0.15, 0.2) is 23.0 Å². The van der Waals surface area contributed by atoms with Gasteiger partial charge in [0.2, 0.25) is 6.79 Å². The molecule has 1 aliphatic carbocycles. The van der Waals surface area contributed by atoms with Gasteiger partial charge >= 0.3 is 5.97 Å². The summed E-state index contributed by atoms with van der Waals surface area (Å²) in [7, 11) is 3.56. The van der Waals surface area contributed by atoms with Crippen LogP contribution < -0.4 is 24.7 Å². The Bertz CT molecular complexity index is 2330. The molecule has 2 unspecified atom stereocenters. The van der Waals surface area contributed by atoms with Gasteiger partial charge in [-0.05, 0) is 60.7 Å². The number of ether oxygens (including phenoxy) is 5. The van der Waals surface area contributed by atoms with Crippen LogP contribution in [0.3, 0.4) is 0 Å². The second-order valence-electron chi connectivity index (χ2n) is 16.0. The second-order valence-corrected chi connectivity index (χ2v) is 17.1. The number of fused-ring (bicyclic) bond motifs is 7. The van der Waals surface area contributed by atoms with Crippen molar-refractivity contribution in [3.05, 3.63) is 112 Å². The topological polar surface area (TPSA) is 140 Å². The van der Waals surface area contributed by atoms with Crippen LogP contribution in [0.4, 0.5) is 0 Å². The number of nitrogens with zero attached hydrogens (tertiary/aromatic N) is 3. The lowest BCUT2D eigenvalue weighted by Gasteiger charge is -2.57. The van der Waals surface area contributed by atoms with Crippen LogP contribution in [0.2, 0.25) is 0 Å². The van der Waals surface area contributed by atoms with Crippen molar-refractivity contribution in [1.82, 2.24) is 9.80 Å². The van der Waals surface area contributed by atoms with E-state index in [1.165, 1.54) is 22.3 Å². The number of benzene rings is 4. The molecule has 0 spiro atoms. The summed E-state index contributed by atoms with van der Waals surface area (Å²) in [5.74, 6) is 3.12. The number of nitriles is 1. The van der Waals surface area contributed by atoms with Gasteiger partial charge in [0.1, 0.15) is 30.5 Å². The molecule has 0 amide bonds. The van der Waals surface area contributed by atoms with E-state index in [0.29, 0.717) is 48.1 Å². The first-order chi connectivity index (χ1) is 28.1. The number of aryl methyl sites for hydroxylation is 1. The summed E-state index contributed by atoms with van der Waals surface area (Å²) in [5, 5.41) is 23.2. The monoisotopic (exact) mass is 800 g/mol. The Kier molecular flexibility index (Phi) is 9.83. The lowest BCUT2D eigenvalue weighted by molar-refractivity contribution is -0.150. The van der Waals surface area contributed by atoms with E-state index in [9.17, 15) is 15.2 Å². The van der Waals surface area contributed by atoms with Crippen LogP contribution in [-0.2, 0) is 22.4 Å². The Morgan fingerprint density at radius 1 is 1.12 bits per heavy atom. The molecule has 3 N–H and O–H groups in total. The molecule has 4 aromatic carbocycles. The first-order valence-corrected chi connectivity index (χ1v) is 20.9. The number of phenols is 1. The van der Waals surface area contributed by atoms with Crippen LogP contribution in [0.1, 0.15) is 62.5 Å². The maximum Gasteiger partial charge on any atom is 0.323 e. The number of thioether (sulfide) groups is 1. The summed E-state index contributed by atoms with van der Waals surface area (Å²) in [4.78, 5) is 18.3. The fraction of sp³-hybridized carbons (Fsp3) is 0.391. The number of piperazine rings is 1. The van der Waals surface area contributed by atoms with E-state index in [-0.39, 0.29) is 43.8 Å². The molecular formula is C46H48N4O7S. The first-order valence-electron chi connectivity index (χ1n) is 19.8. The van der Waals surface area contributed by atoms with Gasteiger partial charge in [0, 0.05) is 58.7 Å². The zero-order valence-corrected chi connectivity index (χ0v) is 34.1. The minimum absolute atomic E-state index is 0.0225. The van der Waals surface area contributed by atoms with E-state index < -0.39 is 23.6 Å². The molecule has 5 aliphatic heterocycles. The summed E-state index contributed by atoms with van der Waals surface area (Å²) in [6, 6.07) is 19.6. The number of aromatic hydroxyl groups is 1. The van der Waals surface area contributed by atoms with Crippen molar-refractivity contribution in [2.24, 2.45) is 5.73 Å². The molecule has 5 heterocycles. The molecular weight excluding hydrogens is 753 g/mol.